The fourth-order valence-corrected chi connectivity index (χ4v) is 5.04. The SMILES string of the molecule is CC1NCC(S(N)(=O)=O)Sc2sccc21. The quantitative estimate of drug-likeness (QED) is 0.797. The Kier molecular flexibility index (Phi) is 3.09. The van der Waals surface area contributed by atoms with Gasteiger partial charge in [-0.2, -0.15) is 0 Å². The van der Waals surface area contributed by atoms with Gasteiger partial charge in [0.05, 0.1) is 4.21 Å². The summed E-state index contributed by atoms with van der Waals surface area (Å²) in [5.74, 6) is 0. The summed E-state index contributed by atoms with van der Waals surface area (Å²) in [7, 11) is -3.49. The molecule has 1 aliphatic heterocycles. The zero-order valence-corrected chi connectivity index (χ0v) is 10.6. The molecule has 15 heavy (non-hydrogen) atoms. The van der Waals surface area contributed by atoms with Gasteiger partial charge in [-0.1, -0.05) is 11.8 Å². The summed E-state index contributed by atoms with van der Waals surface area (Å²) < 4.78 is 23.1. The predicted octanol–water partition coefficient (Wildman–Crippen LogP) is 1.12. The highest BCUT2D eigenvalue weighted by Crippen LogP contribution is 2.38. The average Bonchev–Trinajstić information content (AvgIpc) is 2.52. The fourth-order valence-electron chi connectivity index (χ4n) is 1.45. The summed E-state index contributed by atoms with van der Waals surface area (Å²) in [6.07, 6.45) is 0. The van der Waals surface area contributed by atoms with Gasteiger partial charge in [0.15, 0.2) is 0 Å². The Bertz CT molecular complexity index is 454. The molecular weight excluding hydrogens is 252 g/mol. The summed E-state index contributed by atoms with van der Waals surface area (Å²) in [5.41, 5.74) is 1.16. The molecule has 3 N–H and O–H groups in total. The minimum absolute atomic E-state index is 0.186. The molecule has 0 radical (unpaired) electrons. The lowest BCUT2D eigenvalue weighted by Gasteiger charge is -2.12. The lowest BCUT2D eigenvalue weighted by molar-refractivity contribution is 0.568. The Labute approximate surface area is 97.3 Å². The van der Waals surface area contributed by atoms with Crippen LogP contribution in [0.2, 0.25) is 0 Å². The Hall–Kier alpha value is -0.0800. The van der Waals surface area contributed by atoms with Crippen molar-refractivity contribution in [2.75, 3.05) is 6.54 Å². The molecule has 0 fully saturated rings. The van der Waals surface area contributed by atoms with Crippen LogP contribution < -0.4 is 10.5 Å². The van der Waals surface area contributed by atoms with Crippen LogP contribution in [-0.2, 0) is 10.0 Å². The second-order valence-electron chi connectivity index (χ2n) is 3.43. The smallest absolute Gasteiger partial charge is 0.223 e. The van der Waals surface area contributed by atoms with E-state index < -0.39 is 14.6 Å². The fraction of sp³-hybridized carbons (Fsp3) is 0.500. The predicted molar refractivity (Wildman–Crippen MR) is 63.5 cm³/mol. The molecule has 0 aromatic carbocycles. The van der Waals surface area contributed by atoms with Gasteiger partial charge < -0.3 is 5.32 Å². The highest BCUT2D eigenvalue weighted by atomic mass is 32.3. The van der Waals surface area contributed by atoms with E-state index in [1.54, 1.807) is 11.3 Å². The van der Waals surface area contributed by atoms with Crippen LogP contribution >= 0.6 is 23.1 Å². The van der Waals surface area contributed by atoms with Crippen LogP contribution in [0, 0.1) is 0 Å². The molecule has 0 aliphatic carbocycles. The number of thioether (sulfide) groups is 1. The molecule has 2 atom stereocenters. The Balaban J connectivity index is 2.34. The van der Waals surface area contributed by atoms with Crippen molar-refractivity contribution in [1.82, 2.24) is 5.32 Å². The summed E-state index contributed by atoms with van der Waals surface area (Å²) in [6.45, 7) is 2.42. The van der Waals surface area contributed by atoms with Crippen LogP contribution in [0.15, 0.2) is 15.7 Å². The van der Waals surface area contributed by atoms with Crippen LogP contribution in [-0.4, -0.2) is 19.5 Å². The molecular formula is C8H12N2O2S3. The van der Waals surface area contributed by atoms with E-state index in [1.807, 2.05) is 18.4 Å². The molecule has 0 bridgehead atoms. The third-order valence-electron chi connectivity index (χ3n) is 2.32. The number of fused-ring (bicyclic) bond motifs is 1. The minimum atomic E-state index is -3.49. The van der Waals surface area contributed by atoms with Crippen molar-refractivity contribution in [3.05, 3.63) is 17.0 Å². The standard InChI is InChI=1S/C8H12N2O2S3/c1-5-6-2-3-13-8(6)14-7(4-10-5)15(9,11)12/h2-3,5,7,10H,4H2,1H3,(H2,9,11,12). The zero-order chi connectivity index (χ0) is 11.1. The Morgan fingerprint density at radius 2 is 2.33 bits per heavy atom. The molecule has 1 aromatic rings. The molecule has 4 nitrogen and oxygen atoms in total. The number of hydrogen-bond acceptors (Lipinski definition) is 5. The van der Waals surface area contributed by atoms with E-state index in [2.05, 4.69) is 5.32 Å². The van der Waals surface area contributed by atoms with E-state index in [-0.39, 0.29) is 6.04 Å². The van der Waals surface area contributed by atoms with Crippen molar-refractivity contribution in [3.63, 3.8) is 0 Å². The summed E-state index contributed by atoms with van der Waals surface area (Å²) in [5, 5.41) is 10.3. The van der Waals surface area contributed by atoms with Gasteiger partial charge in [-0.15, -0.1) is 11.3 Å². The molecule has 2 rings (SSSR count). The molecule has 2 unspecified atom stereocenters. The van der Waals surface area contributed by atoms with E-state index in [1.165, 1.54) is 11.8 Å². The lowest BCUT2D eigenvalue weighted by atomic mass is 10.2. The Morgan fingerprint density at radius 3 is 3.00 bits per heavy atom. The maximum absolute atomic E-state index is 11.3. The molecule has 7 heteroatoms. The van der Waals surface area contributed by atoms with Crippen LogP contribution in [0.4, 0.5) is 0 Å². The van der Waals surface area contributed by atoms with Crippen molar-refractivity contribution in [2.45, 2.75) is 21.8 Å². The van der Waals surface area contributed by atoms with Crippen LogP contribution in [0.25, 0.3) is 0 Å². The lowest BCUT2D eigenvalue weighted by Crippen LogP contribution is -2.34. The largest absolute Gasteiger partial charge is 0.308 e. The van der Waals surface area contributed by atoms with Crippen molar-refractivity contribution in [3.8, 4) is 0 Å². The summed E-state index contributed by atoms with van der Waals surface area (Å²) >= 11 is 2.90. The molecule has 1 aliphatic rings. The minimum Gasteiger partial charge on any atom is -0.308 e. The normalized spacial score (nSPS) is 27.1. The van der Waals surface area contributed by atoms with Gasteiger partial charge >= 0.3 is 0 Å². The maximum Gasteiger partial charge on any atom is 0.223 e. The van der Waals surface area contributed by atoms with Crippen LogP contribution in [0.3, 0.4) is 0 Å². The molecule has 0 spiro atoms. The van der Waals surface area contributed by atoms with Gasteiger partial charge in [-0.05, 0) is 23.9 Å². The van der Waals surface area contributed by atoms with Gasteiger partial charge in [0.1, 0.15) is 4.58 Å². The highest BCUT2D eigenvalue weighted by Gasteiger charge is 2.29. The average molecular weight is 264 g/mol. The van der Waals surface area contributed by atoms with E-state index in [4.69, 9.17) is 5.14 Å². The van der Waals surface area contributed by atoms with Crippen LogP contribution in [0.5, 0.6) is 0 Å². The number of hydrogen-bond donors (Lipinski definition) is 2. The van der Waals surface area contributed by atoms with Gasteiger partial charge in [0, 0.05) is 12.6 Å². The monoisotopic (exact) mass is 264 g/mol. The summed E-state index contributed by atoms with van der Waals surface area (Å²) in [4.78, 5) is 0. The molecule has 1 aromatic heterocycles. The number of nitrogens with one attached hydrogen (secondary N) is 1. The Morgan fingerprint density at radius 1 is 1.60 bits per heavy atom. The summed E-state index contributed by atoms with van der Waals surface area (Å²) in [6, 6.07) is 2.21. The first-order valence-corrected chi connectivity index (χ1v) is 7.84. The number of rotatable bonds is 1. The maximum atomic E-state index is 11.3. The molecule has 0 saturated heterocycles. The van der Waals surface area contributed by atoms with Crippen molar-refractivity contribution in [1.29, 1.82) is 0 Å². The number of thiophene rings is 1. The van der Waals surface area contributed by atoms with Gasteiger partial charge in [-0.3, -0.25) is 0 Å². The van der Waals surface area contributed by atoms with Gasteiger partial charge in [-0.25, -0.2) is 13.6 Å². The first kappa shape index (κ1) is 11.4. The molecule has 0 saturated carbocycles. The topological polar surface area (TPSA) is 72.2 Å². The number of primary sulfonamides is 1. The van der Waals surface area contributed by atoms with Gasteiger partial charge in [0.2, 0.25) is 10.0 Å². The van der Waals surface area contributed by atoms with Gasteiger partial charge in [0.25, 0.3) is 0 Å². The second-order valence-corrected chi connectivity index (χ2v) is 7.86. The molecule has 2 heterocycles. The molecule has 84 valence electrons. The first-order valence-electron chi connectivity index (χ1n) is 4.47. The van der Waals surface area contributed by atoms with Crippen LogP contribution in [0.1, 0.15) is 18.5 Å². The third kappa shape index (κ3) is 2.36. The number of nitrogens with two attached hydrogens (primary N) is 1. The highest BCUT2D eigenvalue weighted by molar-refractivity contribution is 8.13. The number of sulfonamides is 1. The molecule has 0 amide bonds. The van der Waals surface area contributed by atoms with E-state index >= 15 is 0 Å². The van der Waals surface area contributed by atoms with E-state index in [0.29, 0.717) is 6.54 Å². The first-order chi connectivity index (χ1) is 6.98. The van der Waals surface area contributed by atoms with Crippen molar-refractivity contribution in [2.24, 2.45) is 5.14 Å². The van der Waals surface area contributed by atoms with Crippen molar-refractivity contribution < 1.29 is 8.42 Å². The zero-order valence-electron chi connectivity index (χ0n) is 8.14. The third-order valence-corrected chi connectivity index (χ3v) is 6.49. The van der Waals surface area contributed by atoms with E-state index in [9.17, 15) is 8.42 Å². The van der Waals surface area contributed by atoms with Crippen molar-refractivity contribution >= 4 is 33.1 Å². The van der Waals surface area contributed by atoms with E-state index in [0.717, 1.165) is 9.77 Å². The second kappa shape index (κ2) is 4.06.